The molecule has 164 valence electrons. The van der Waals surface area contributed by atoms with Gasteiger partial charge in [0.05, 0.1) is 23.2 Å². The largest absolute Gasteiger partial charge is 0.497 e. The first kappa shape index (κ1) is 20.5. The zero-order chi connectivity index (χ0) is 22.5. The maximum absolute atomic E-state index is 12.1. The average Bonchev–Trinajstić information content (AvgIpc) is 3.31. The Morgan fingerprint density at radius 1 is 1.28 bits per heavy atom. The fraction of sp³-hybridized carbons (Fsp3) is 0.261. The average molecular weight is 452 g/mol. The van der Waals surface area contributed by atoms with Crippen LogP contribution in [0.25, 0.3) is 28.2 Å². The molecule has 32 heavy (non-hydrogen) atoms. The number of rotatable bonds is 6. The smallest absolute Gasteiger partial charge is 0.276 e. The Labute approximate surface area is 189 Å². The van der Waals surface area contributed by atoms with Crippen molar-refractivity contribution >= 4 is 28.4 Å². The molecule has 0 saturated heterocycles. The van der Waals surface area contributed by atoms with Crippen LogP contribution in [-0.4, -0.2) is 33.3 Å². The van der Waals surface area contributed by atoms with Crippen LogP contribution in [0.3, 0.4) is 0 Å². The van der Waals surface area contributed by atoms with Gasteiger partial charge in [-0.15, -0.1) is 0 Å². The molecule has 2 aromatic carbocycles. The number of hydrogen-bond donors (Lipinski definition) is 2. The quantitative estimate of drug-likeness (QED) is 0.462. The highest BCUT2D eigenvalue weighted by molar-refractivity contribution is 6.38. The monoisotopic (exact) mass is 451 g/mol. The lowest BCUT2D eigenvalue weighted by molar-refractivity contribution is -0.123. The van der Waals surface area contributed by atoms with Crippen LogP contribution in [-0.2, 0) is 11.3 Å². The molecule has 4 aromatic rings. The molecule has 9 heteroatoms. The zero-order valence-electron chi connectivity index (χ0n) is 17.7. The van der Waals surface area contributed by atoms with Gasteiger partial charge in [0.15, 0.2) is 5.82 Å². The number of amides is 1. The van der Waals surface area contributed by atoms with Crippen LogP contribution in [0, 0.1) is 6.92 Å². The fourth-order valence-corrected chi connectivity index (χ4v) is 4.01. The molecule has 0 radical (unpaired) electrons. The number of nitrogens with zero attached hydrogens (tertiary/aromatic N) is 3. The lowest BCUT2D eigenvalue weighted by Gasteiger charge is -2.12. The first-order valence-corrected chi connectivity index (χ1v) is 10.6. The number of aromatic nitrogens is 3. The SMILES string of the molecule is COc1ccc2c(c1)c(Cl)c(-c1nc(C)no1)n2-c1ccc(CNC(=O)C2(N)CC2)cc1. The molecule has 1 fully saturated rings. The Morgan fingerprint density at radius 3 is 2.66 bits per heavy atom. The first-order valence-electron chi connectivity index (χ1n) is 10.2. The molecule has 1 aliphatic carbocycles. The minimum absolute atomic E-state index is 0.104. The van der Waals surface area contributed by atoms with Crippen LogP contribution in [0.1, 0.15) is 24.2 Å². The molecule has 0 atom stereocenters. The van der Waals surface area contributed by atoms with E-state index in [4.69, 9.17) is 26.6 Å². The Hall–Kier alpha value is -3.36. The van der Waals surface area contributed by atoms with E-state index < -0.39 is 5.54 Å². The Balaban J connectivity index is 1.54. The predicted molar refractivity (Wildman–Crippen MR) is 121 cm³/mol. The highest BCUT2D eigenvalue weighted by Crippen LogP contribution is 2.40. The number of methoxy groups -OCH3 is 1. The van der Waals surface area contributed by atoms with Crippen LogP contribution in [0.5, 0.6) is 5.75 Å². The standard InChI is InChI=1S/C23H22ClN5O3/c1-13-27-21(32-28-13)20-19(24)17-11-16(31-2)7-8-18(17)29(20)15-5-3-14(4-6-15)12-26-22(30)23(25)9-10-23/h3-8,11H,9-10,12,25H2,1-2H3,(H,26,30). The summed E-state index contributed by atoms with van der Waals surface area (Å²) in [5.74, 6) is 1.44. The van der Waals surface area contributed by atoms with E-state index in [9.17, 15) is 4.79 Å². The van der Waals surface area contributed by atoms with Gasteiger partial charge in [-0.2, -0.15) is 4.98 Å². The summed E-state index contributed by atoms with van der Waals surface area (Å²) in [6, 6.07) is 13.5. The van der Waals surface area contributed by atoms with Crippen molar-refractivity contribution in [1.82, 2.24) is 20.0 Å². The number of aryl methyl sites for hydroxylation is 1. The lowest BCUT2D eigenvalue weighted by atomic mass is 10.2. The van der Waals surface area contributed by atoms with E-state index in [1.807, 2.05) is 47.0 Å². The molecule has 1 aliphatic rings. The Kier molecular flexibility index (Phi) is 4.91. The molecule has 2 heterocycles. The Morgan fingerprint density at radius 2 is 2.03 bits per heavy atom. The number of nitrogens with two attached hydrogens (primary N) is 1. The van der Waals surface area contributed by atoms with Gasteiger partial charge >= 0.3 is 0 Å². The number of hydrogen-bond acceptors (Lipinski definition) is 6. The summed E-state index contributed by atoms with van der Waals surface area (Å²) >= 11 is 6.79. The summed E-state index contributed by atoms with van der Waals surface area (Å²) in [5.41, 5.74) is 8.58. The van der Waals surface area contributed by atoms with Crippen molar-refractivity contribution in [1.29, 1.82) is 0 Å². The van der Waals surface area contributed by atoms with E-state index in [2.05, 4.69) is 15.5 Å². The van der Waals surface area contributed by atoms with Gasteiger partial charge in [0.1, 0.15) is 11.4 Å². The second-order valence-corrected chi connectivity index (χ2v) is 8.41. The molecule has 3 N–H and O–H groups in total. The molecule has 5 rings (SSSR count). The molecule has 2 aromatic heterocycles. The van der Waals surface area contributed by atoms with Gasteiger partial charge in [0.2, 0.25) is 5.91 Å². The van der Waals surface area contributed by atoms with Crippen LogP contribution >= 0.6 is 11.6 Å². The first-order chi connectivity index (χ1) is 15.4. The van der Waals surface area contributed by atoms with Gasteiger partial charge in [0, 0.05) is 17.6 Å². The van der Waals surface area contributed by atoms with Gasteiger partial charge in [-0.3, -0.25) is 4.79 Å². The summed E-state index contributed by atoms with van der Waals surface area (Å²) < 4.78 is 12.8. The minimum Gasteiger partial charge on any atom is -0.497 e. The van der Waals surface area contributed by atoms with E-state index in [0.717, 1.165) is 35.0 Å². The third kappa shape index (κ3) is 3.51. The number of carbonyl (C=O) groups is 1. The van der Waals surface area contributed by atoms with Gasteiger partial charge < -0.3 is 24.9 Å². The summed E-state index contributed by atoms with van der Waals surface area (Å²) in [6.07, 6.45) is 1.48. The van der Waals surface area contributed by atoms with Gasteiger partial charge in [-0.1, -0.05) is 28.9 Å². The van der Waals surface area contributed by atoms with Gasteiger partial charge in [0.25, 0.3) is 5.89 Å². The van der Waals surface area contributed by atoms with E-state index in [0.29, 0.717) is 34.7 Å². The van der Waals surface area contributed by atoms with Crippen molar-refractivity contribution in [3.05, 3.63) is 58.9 Å². The maximum Gasteiger partial charge on any atom is 0.276 e. The summed E-state index contributed by atoms with van der Waals surface area (Å²) in [7, 11) is 1.61. The van der Waals surface area contributed by atoms with Crippen molar-refractivity contribution in [2.75, 3.05) is 7.11 Å². The van der Waals surface area contributed by atoms with E-state index in [1.165, 1.54) is 0 Å². The molecular weight excluding hydrogens is 430 g/mol. The molecule has 0 aliphatic heterocycles. The van der Waals surface area contributed by atoms with E-state index in [-0.39, 0.29) is 5.91 Å². The molecule has 0 bridgehead atoms. The van der Waals surface area contributed by atoms with Crippen molar-refractivity contribution in [3.63, 3.8) is 0 Å². The Bertz CT molecular complexity index is 1320. The molecule has 0 unspecified atom stereocenters. The van der Waals surface area contributed by atoms with Crippen LogP contribution in [0.4, 0.5) is 0 Å². The second kappa shape index (κ2) is 7.65. The summed E-state index contributed by atoms with van der Waals surface area (Å²) in [4.78, 5) is 16.5. The molecule has 1 amide bonds. The van der Waals surface area contributed by atoms with Gasteiger partial charge in [-0.05, 0) is 55.7 Å². The van der Waals surface area contributed by atoms with Gasteiger partial charge in [-0.25, -0.2) is 0 Å². The summed E-state index contributed by atoms with van der Waals surface area (Å²) in [6.45, 7) is 2.17. The number of benzene rings is 2. The number of ether oxygens (including phenoxy) is 1. The number of nitrogens with one attached hydrogen (secondary N) is 1. The van der Waals surface area contributed by atoms with Crippen LogP contribution < -0.4 is 15.8 Å². The molecular formula is C23H22ClN5O3. The molecule has 8 nitrogen and oxygen atoms in total. The third-order valence-corrected chi connectivity index (χ3v) is 6.11. The zero-order valence-corrected chi connectivity index (χ0v) is 18.4. The maximum atomic E-state index is 12.1. The highest BCUT2D eigenvalue weighted by atomic mass is 35.5. The number of fused-ring (bicyclic) bond motifs is 1. The number of halogens is 1. The van der Waals surface area contributed by atoms with E-state index >= 15 is 0 Å². The van der Waals surface area contributed by atoms with Crippen molar-refractivity contribution in [2.24, 2.45) is 5.73 Å². The fourth-order valence-electron chi connectivity index (χ4n) is 3.69. The molecule has 0 spiro atoms. The highest BCUT2D eigenvalue weighted by Gasteiger charge is 2.45. The number of carbonyl (C=O) groups excluding carboxylic acids is 1. The van der Waals surface area contributed by atoms with Crippen molar-refractivity contribution < 1.29 is 14.1 Å². The third-order valence-electron chi connectivity index (χ3n) is 5.73. The topological polar surface area (TPSA) is 108 Å². The van der Waals surface area contributed by atoms with E-state index in [1.54, 1.807) is 14.0 Å². The van der Waals surface area contributed by atoms with Crippen LogP contribution in [0.15, 0.2) is 47.0 Å². The minimum atomic E-state index is -0.682. The van der Waals surface area contributed by atoms with Crippen molar-refractivity contribution in [3.8, 4) is 23.0 Å². The van der Waals surface area contributed by atoms with Crippen LogP contribution in [0.2, 0.25) is 5.02 Å². The normalized spacial score (nSPS) is 14.5. The molecule has 1 saturated carbocycles. The second-order valence-electron chi connectivity index (χ2n) is 8.03. The lowest BCUT2D eigenvalue weighted by Crippen LogP contribution is -2.42. The van der Waals surface area contributed by atoms with Crippen molar-refractivity contribution in [2.45, 2.75) is 31.8 Å². The summed E-state index contributed by atoms with van der Waals surface area (Å²) in [5, 5.41) is 8.14. The predicted octanol–water partition coefficient (Wildman–Crippen LogP) is 3.76.